The Morgan fingerprint density at radius 2 is 1.56 bits per heavy atom. The monoisotopic (exact) mass is 368 g/mol. The Bertz CT molecular complexity index is 831. The molecule has 2 N–H and O–H groups in total. The predicted molar refractivity (Wildman–Crippen MR) is 99.4 cm³/mol. The van der Waals surface area contributed by atoms with Crippen LogP contribution in [0.1, 0.15) is 34.6 Å². The number of carbonyl (C=O) groups is 4. The molecule has 0 aromatic heterocycles. The maximum atomic E-state index is 12.0. The van der Waals surface area contributed by atoms with Crippen molar-refractivity contribution >= 4 is 29.3 Å². The topological polar surface area (TPSA) is 102 Å². The molecule has 2 amide bonds. The van der Waals surface area contributed by atoms with E-state index < -0.39 is 30.4 Å². The molecule has 2 aromatic rings. The number of hydrogen-bond acceptors (Lipinski definition) is 5. The quantitative estimate of drug-likeness (QED) is 0.576. The van der Waals surface area contributed by atoms with Crippen molar-refractivity contribution in [1.29, 1.82) is 0 Å². The van der Waals surface area contributed by atoms with E-state index in [1.807, 2.05) is 0 Å². The van der Waals surface area contributed by atoms with Gasteiger partial charge in [0.25, 0.3) is 11.8 Å². The van der Waals surface area contributed by atoms with Gasteiger partial charge in [-0.1, -0.05) is 18.2 Å². The molecule has 27 heavy (non-hydrogen) atoms. The zero-order chi connectivity index (χ0) is 19.8. The first-order valence-corrected chi connectivity index (χ1v) is 8.30. The van der Waals surface area contributed by atoms with Crippen LogP contribution in [0.3, 0.4) is 0 Å². The first-order chi connectivity index (χ1) is 12.9. The molecule has 0 aliphatic carbocycles. The van der Waals surface area contributed by atoms with Gasteiger partial charge in [-0.15, -0.1) is 0 Å². The zero-order valence-electron chi connectivity index (χ0n) is 15.0. The van der Waals surface area contributed by atoms with Gasteiger partial charge in [-0.05, 0) is 50.2 Å². The normalized spacial score (nSPS) is 11.2. The van der Waals surface area contributed by atoms with Crippen molar-refractivity contribution in [2.75, 3.05) is 11.9 Å². The number of ether oxygens (including phenoxy) is 1. The highest BCUT2D eigenvalue weighted by Crippen LogP contribution is 2.10. The van der Waals surface area contributed by atoms with Gasteiger partial charge in [0, 0.05) is 16.8 Å². The smallest absolute Gasteiger partial charge is 0.328 e. The van der Waals surface area contributed by atoms with E-state index in [-0.39, 0.29) is 5.78 Å². The van der Waals surface area contributed by atoms with Gasteiger partial charge in [0.1, 0.15) is 6.04 Å². The number of esters is 1. The highest BCUT2D eigenvalue weighted by Gasteiger charge is 2.19. The molecule has 0 saturated heterocycles. The van der Waals surface area contributed by atoms with E-state index in [9.17, 15) is 19.2 Å². The van der Waals surface area contributed by atoms with Gasteiger partial charge in [0.15, 0.2) is 12.4 Å². The summed E-state index contributed by atoms with van der Waals surface area (Å²) in [5.74, 6) is -1.73. The van der Waals surface area contributed by atoms with Crippen LogP contribution in [0.25, 0.3) is 0 Å². The Morgan fingerprint density at radius 3 is 2.15 bits per heavy atom. The van der Waals surface area contributed by atoms with Crippen LogP contribution in [0.2, 0.25) is 0 Å². The lowest BCUT2D eigenvalue weighted by molar-refractivity contribution is -0.148. The molecule has 0 bridgehead atoms. The van der Waals surface area contributed by atoms with Crippen molar-refractivity contribution < 1.29 is 23.9 Å². The van der Waals surface area contributed by atoms with Crippen LogP contribution in [-0.2, 0) is 14.3 Å². The average molecular weight is 368 g/mol. The van der Waals surface area contributed by atoms with Crippen molar-refractivity contribution in [1.82, 2.24) is 5.32 Å². The highest BCUT2D eigenvalue weighted by atomic mass is 16.5. The van der Waals surface area contributed by atoms with Crippen LogP contribution in [0.4, 0.5) is 5.69 Å². The van der Waals surface area contributed by atoms with Gasteiger partial charge >= 0.3 is 5.97 Å². The zero-order valence-corrected chi connectivity index (χ0v) is 15.0. The van der Waals surface area contributed by atoms with Crippen molar-refractivity contribution in [2.45, 2.75) is 19.9 Å². The third kappa shape index (κ3) is 6.07. The summed E-state index contributed by atoms with van der Waals surface area (Å²) in [7, 11) is 0. The molecular formula is C20H20N2O5. The van der Waals surface area contributed by atoms with Gasteiger partial charge in [-0.3, -0.25) is 14.4 Å². The fourth-order valence-electron chi connectivity index (χ4n) is 2.18. The number of nitrogens with one attached hydrogen (secondary N) is 2. The Labute approximate surface area is 156 Å². The molecule has 2 rings (SSSR count). The molecule has 7 nitrogen and oxygen atoms in total. The minimum absolute atomic E-state index is 0.0756. The molecule has 0 unspecified atom stereocenters. The molecule has 0 saturated carbocycles. The summed E-state index contributed by atoms with van der Waals surface area (Å²) >= 11 is 0. The number of anilines is 1. The van der Waals surface area contributed by atoms with E-state index in [2.05, 4.69) is 10.6 Å². The molecule has 140 valence electrons. The van der Waals surface area contributed by atoms with Crippen LogP contribution in [0.15, 0.2) is 54.6 Å². The van der Waals surface area contributed by atoms with Crippen molar-refractivity contribution in [2.24, 2.45) is 0 Å². The third-order valence-corrected chi connectivity index (χ3v) is 3.66. The summed E-state index contributed by atoms with van der Waals surface area (Å²) in [6, 6.07) is 13.9. The second kappa shape index (κ2) is 9.28. The number of rotatable bonds is 7. The molecule has 1 atom stereocenters. The standard InChI is InChI=1S/C20H20N2O5/c1-13(21-19(25)16-6-4-3-5-7-16)20(26)27-12-18(24)22-17-10-8-15(9-11-17)14(2)23/h3-11,13H,12H2,1-2H3,(H,21,25)(H,22,24)/t13-/m1/s1. The Morgan fingerprint density at radius 1 is 0.926 bits per heavy atom. The van der Waals surface area contributed by atoms with E-state index in [1.165, 1.54) is 13.8 Å². The van der Waals surface area contributed by atoms with Crippen molar-refractivity contribution in [3.63, 3.8) is 0 Å². The minimum Gasteiger partial charge on any atom is -0.454 e. The fourth-order valence-corrected chi connectivity index (χ4v) is 2.18. The van der Waals surface area contributed by atoms with Gasteiger partial charge in [-0.25, -0.2) is 4.79 Å². The minimum atomic E-state index is -0.902. The maximum absolute atomic E-state index is 12.0. The first kappa shape index (κ1) is 19.8. The number of Topliss-reactive ketones (excluding diaryl/α,β-unsaturated/α-hetero) is 1. The summed E-state index contributed by atoms with van der Waals surface area (Å²) in [6.07, 6.45) is 0. The lowest BCUT2D eigenvalue weighted by Crippen LogP contribution is -2.40. The van der Waals surface area contributed by atoms with Crippen LogP contribution < -0.4 is 10.6 Å². The van der Waals surface area contributed by atoms with E-state index in [4.69, 9.17) is 4.74 Å². The molecular weight excluding hydrogens is 348 g/mol. The number of amides is 2. The molecule has 0 spiro atoms. The number of benzene rings is 2. The van der Waals surface area contributed by atoms with Gasteiger partial charge in [-0.2, -0.15) is 0 Å². The van der Waals surface area contributed by atoms with Gasteiger partial charge in [0.2, 0.25) is 0 Å². The van der Waals surface area contributed by atoms with Crippen LogP contribution in [0.5, 0.6) is 0 Å². The Balaban J connectivity index is 1.79. The van der Waals surface area contributed by atoms with Crippen LogP contribution in [-0.4, -0.2) is 36.2 Å². The lowest BCUT2D eigenvalue weighted by Gasteiger charge is -2.13. The second-order valence-corrected chi connectivity index (χ2v) is 5.85. The maximum Gasteiger partial charge on any atom is 0.328 e. The van der Waals surface area contributed by atoms with Crippen LogP contribution >= 0.6 is 0 Å². The predicted octanol–water partition coefficient (Wildman–Crippen LogP) is 2.19. The number of ketones is 1. The summed E-state index contributed by atoms with van der Waals surface area (Å²) in [6.45, 7) is 2.44. The Hall–Kier alpha value is -3.48. The van der Waals surface area contributed by atoms with E-state index in [1.54, 1.807) is 54.6 Å². The summed E-state index contributed by atoms with van der Waals surface area (Å²) in [5, 5.41) is 5.06. The molecule has 0 heterocycles. The Kier molecular flexibility index (Phi) is 6.82. The molecule has 0 fully saturated rings. The average Bonchev–Trinajstić information content (AvgIpc) is 2.67. The summed E-state index contributed by atoms with van der Waals surface area (Å²) in [4.78, 5) is 47.0. The molecule has 2 aromatic carbocycles. The van der Waals surface area contributed by atoms with Crippen molar-refractivity contribution in [3.8, 4) is 0 Å². The largest absolute Gasteiger partial charge is 0.454 e. The molecule has 0 aliphatic heterocycles. The van der Waals surface area contributed by atoms with Gasteiger partial charge in [0.05, 0.1) is 0 Å². The number of hydrogen-bond donors (Lipinski definition) is 2. The van der Waals surface area contributed by atoms with E-state index in [0.29, 0.717) is 16.8 Å². The lowest BCUT2D eigenvalue weighted by atomic mass is 10.1. The van der Waals surface area contributed by atoms with E-state index in [0.717, 1.165) is 0 Å². The van der Waals surface area contributed by atoms with Gasteiger partial charge < -0.3 is 15.4 Å². The van der Waals surface area contributed by atoms with Crippen LogP contribution in [0, 0.1) is 0 Å². The molecule has 0 radical (unpaired) electrons. The van der Waals surface area contributed by atoms with Crippen molar-refractivity contribution in [3.05, 3.63) is 65.7 Å². The molecule has 7 heteroatoms. The third-order valence-electron chi connectivity index (χ3n) is 3.66. The summed E-state index contributed by atoms with van der Waals surface area (Å²) < 4.78 is 4.92. The highest BCUT2D eigenvalue weighted by molar-refractivity contribution is 5.98. The SMILES string of the molecule is CC(=O)c1ccc(NC(=O)COC(=O)[C@@H](C)NC(=O)c2ccccc2)cc1. The van der Waals surface area contributed by atoms with E-state index >= 15 is 0 Å². The fraction of sp³-hybridized carbons (Fsp3) is 0.200. The molecule has 0 aliphatic rings. The summed E-state index contributed by atoms with van der Waals surface area (Å²) in [5.41, 5.74) is 1.43. The first-order valence-electron chi connectivity index (χ1n) is 8.30. The second-order valence-electron chi connectivity index (χ2n) is 5.85. The number of carbonyl (C=O) groups excluding carboxylic acids is 4.